The van der Waals surface area contributed by atoms with E-state index in [1.165, 1.54) is 11.3 Å². The molecule has 3 rings (SSSR count). The zero-order chi connectivity index (χ0) is 20.3. The van der Waals surface area contributed by atoms with E-state index < -0.39 is 6.10 Å². The summed E-state index contributed by atoms with van der Waals surface area (Å²) < 4.78 is 0. The van der Waals surface area contributed by atoms with Gasteiger partial charge in [-0.1, -0.05) is 32.9 Å². The molecule has 0 aliphatic heterocycles. The fraction of sp³-hybridized carbons (Fsp3) is 0.542. The Morgan fingerprint density at radius 3 is 2.75 bits per heavy atom. The molecule has 1 aromatic heterocycles. The van der Waals surface area contributed by atoms with E-state index in [9.17, 15) is 10.2 Å². The van der Waals surface area contributed by atoms with Gasteiger partial charge in [0.2, 0.25) is 0 Å². The average Bonchev–Trinajstić information content (AvgIpc) is 2.78. The Kier molecular flexibility index (Phi) is 6.41. The summed E-state index contributed by atoms with van der Waals surface area (Å²) in [7, 11) is 1.85. The number of hydrogen-bond acceptors (Lipinski definition) is 4. The highest BCUT2D eigenvalue weighted by molar-refractivity contribution is 5.47. The number of nitrogens with zero attached hydrogens (tertiary/aromatic N) is 1. The van der Waals surface area contributed by atoms with Gasteiger partial charge < -0.3 is 15.5 Å². The van der Waals surface area contributed by atoms with Gasteiger partial charge in [-0.3, -0.25) is 4.98 Å². The number of nitrogens with one attached hydrogen (secondary N) is 1. The number of aromatic hydroxyl groups is 1. The molecule has 0 bridgehead atoms. The fourth-order valence-corrected chi connectivity index (χ4v) is 4.88. The van der Waals surface area contributed by atoms with Crippen molar-refractivity contribution in [1.29, 1.82) is 0 Å². The standard InChI is InChI=1S/C24H34N2O2/c1-5-21-17(7-6-10-26-21)11-16-12-19-18(23(28)15-25-4)8-9-22(27)20(19)14-24(2,3)13-16/h6-10,16,23,25,27-28H,5,11-15H2,1-4H3/t16-,23+/m1/s1. The van der Waals surface area contributed by atoms with Crippen LogP contribution in [0.3, 0.4) is 0 Å². The molecule has 4 heteroatoms. The highest BCUT2D eigenvalue weighted by Gasteiger charge is 2.33. The number of aromatic nitrogens is 1. The summed E-state index contributed by atoms with van der Waals surface area (Å²) in [6.45, 7) is 7.24. The van der Waals surface area contributed by atoms with Crippen LogP contribution in [-0.2, 0) is 25.7 Å². The number of phenols is 1. The molecule has 1 heterocycles. The fourth-order valence-electron chi connectivity index (χ4n) is 4.88. The third kappa shape index (κ3) is 4.56. The first-order valence-corrected chi connectivity index (χ1v) is 10.4. The highest BCUT2D eigenvalue weighted by Crippen LogP contribution is 2.43. The minimum atomic E-state index is -0.564. The second-order valence-corrected chi connectivity index (χ2v) is 8.99. The summed E-state index contributed by atoms with van der Waals surface area (Å²) in [6.07, 6.45) is 6.03. The average molecular weight is 383 g/mol. The second kappa shape index (κ2) is 8.62. The van der Waals surface area contributed by atoms with Crippen LogP contribution in [0, 0.1) is 11.3 Å². The largest absolute Gasteiger partial charge is 0.508 e. The summed E-state index contributed by atoms with van der Waals surface area (Å²) in [5, 5.41) is 24.4. The van der Waals surface area contributed by atoms with Crippen LogP contribution in [0.25, 0.3) is 0 Å². The van der Waals surface area contributed by atoms with Crippen LogP contribution < -0.4 is 5.32 Å². The number of phenolic OH excluding ortho intramolecular Hbond substituents is 1. The second-order valence-electron chi connectivity index (χ2n) is 8.99. The topological polar surface area (TPSA) is 65.4 Å². The van der Waals surface area contributed by atoms with Crippen LogP contribution in [0.4, 0.5) is 0 Å². The van der Waals surface area contributed by atoms with E-state index in [0.717, 1.165) is 48.8 Å². The molecular formula is C24H34N2O2. The quantitative estimate of drug-likeness (QED) is 0.661. The van der Waals surface area contributed by atoms with Crippen molar-refractivity contribution in [3.63, 3.8) is 0 Å². The Balaban J connectivity index is 2.00. The van der Waals surface area contributed by atoms with Crippen molar-refractivity contribution in [2.75, 3.05) is 13.6 Å². The lowest BCUT2D eigenvalue weighted by Gasteiger charge is -2.27. The Bertz CT molecular complexity index is 816. The molecule has 0 saturated heterocycles. The normalized spacial score (nSPS) is 19.7. The van der Waals surface area contributed by atoms with Crippen molar-refractivity contribution >= 4 is 0 Å². The molecule has 1 aliphatic rings. The van der Waals surface area contributed by atoms with Crippen LogP contribution in [0.15, 0.2) is 30.5 Å². The van der Waals surface area contributed by atoms with Gasteiger partial charge in [-0.25, -0.2) is 0 Å². The van der Waals surface area contributed by atoms with Crippen LogP contribution in [0.5, 0.6) is 5.75 Å². The van der Waals surface area contributed by atoms with E-state index in [1.807, 2.05) is 25.4 Å². The summed E-state index contributed by atoms with van der Waals surface area (Å²) in [4.78, 5) is 4.56. The Hall–Kier alpha value is -1.91. The number of likely N-dealkylation sites (N-methyl/N-ethyl adjacent to an activating group) is 1. The molecule has 152 valence electrons. The first kappa shape index (κ1) is 20.8. The Morgan fingerprint density at radius 1 is 1.25 bits per heavy atom. The first-order valence-electron chi connectivity index (χ1n) is 10.4. The van der Waals surface area contributed by atoms with E-state index in [0.29, 0.717) is 18.2 Å². The molecule has 0 fully saturated rings. The van der Waals surface area contributed by atoms with Gasteiger partial charge in [-0.15, -0.1) is 0 Å². The predicted molar refractivity (Wildman–Crippen MR) is 114 cm³/mol. The van der Waals surface area contributed by atoms with Gasteiger partial charge in [-0.05, 0) is 84.9 Å². The van der Waals surface area contributed by atoms with Crippen molar-refractivity contribution in [3.8, 4) is 5.75 Å². The van der Waals surface area contributed by atoms with Crippen LogP contribution in [0.1, 0.15) is 61.2 Å². The SMILES string of the molecule is CCc1ncccc1C[C@@H]1Cc2c([C@@H](O)CNC)ccc(O)c2CC(C)(C)C1. The molecule has 2 aromatic rings. The number of fused-ring (bicyclic) bond motifs is 1. The Labute approximate surface area is 169 Å². The summed E-state index contributed by atoms with van der Waals surface area (Å²) >= 11 is 0. The summed E-state index contributed by atoms with van der Waals surface area (Å²) in [5.41, 5.74) is 5.70. The van der Waals surface area contributed by atoms with Gasteiger partial charge in [0, 0.05) is 18.4 Å². The first-order chi connectivity index (χ1) is 13.3. The summed E-state index contributed by atoms with van der Waals surface area (Å²) in [6, 6.07) is 7.87. The maximum atomic E-state index is 10.7. The zero-order valence-corrected chi connectivity index (χ0v) is 17.6. The smallest absolute Gasteiger partial charge is 0.119 e. The molecule has 0 saturated carbocycles. The summed E-state index contributed by atoms with van der Waals surface area (Å²) in [5.74, 6) is 0.813. The molecule has 28 heavy (non-hydrogen) atoms. The van der Waals surface area contributed by atoms with Gasteiger partial charge in [0.15, 0.2) is 0 Å². The van der Waals surface area contributed by atoms with Gasteiger partial charge in [-0.2, -0.15) is 0 Å². The van der Waals surface area contributed by atoms with Crippen molar-refractivity contribution in [1.82, 2.24) is 10.3 Å². The van der Waals surface area contributed by atoms with Crippen molar-refractivity contribution in [2.45, 2.75) is 59.0 Å². The lowest BCUT2D eigenvalue weighted by molar-refractivity contribution is 0.176. The van der Waals surface area contributed by atoms with Crippen LogP contribution in [-0.4, -0.2) is 28.8 Å². The van der Waals surface area contributed by atoms with Crippen molar-refractivity contribution in [3.05, 3.63) is 58.4 Å². The molecule has 2 atom stereocenters. The molecular weight excluding hydrogens is 348 g/mol. The number of aliphatic hydroxyl groups excluding tert-OH is 1. The third-order valence-electron chi connectivity index (χ3n) is 6.02. The zero-order valence-electron chi connectivity index (χ0n) is 17.6. The van der Waals surface area contributed by atoms with Crippen molar-refractivity contribution < 1.29 is 10.2 Å². The van der Waals surface area contributed by atoms with Gasteiger partial charge >= 0.3 is 0 Å². The van der Waals surface area contributed by atoms with E-state index in [1.54, 1.807) is 6.07 Å². The minimum Gasteiger partial charge on any atom is -0.508 e. The highest BCUT2D eigenvalue weighted by atomic mass is 16.3. The van der Waals surface area contributed by atoms with Crippen molar-refractivity contribution in [2.24, 2.45) is 11.3 Å². The molecule has 3 N–H and O–H groups in total. The monoisotopic (exact) mass is 382 g/mol. The molecule has 4 nitrogen and oxygen atoms in total. The number of rotatable bonds is 6. The van der Waals surface area contributed by atoms with E-state index in [4.69, 9.17) is 0 Å². The van der Waals surface area contributed by atoms with Crippen LogP contribution >= 0.6 is 0 Å². The number of aliphatic hydroxyl groups is 1. The molecule has 0 radical (unpaired) electrons. The molecule has 1 aliphatic carbocycles. The van der Waals surface area contributed by atoms with E-state index in [2.05, 4.69) is 37.1 Å². The third-order valence-corrected chi connectivity index (χ3v) is 6.02. The Morgan fingerprint density at radius 2 is 2.04 bits per heavy atom. The maximum Gasteiger partial charge on any atom is 0.119 e. The molecule has 0 amide bonds. The molecule has 0 unspecified atom stereocenters. The minimum absolute atomic E-state index is 0.0918. The lowest BCUT2D eigenvalue weighted by atomic mass is 9.78. The lowest BCUT2D eigenvalue weighted by Crippen LogP contribution is -2.20. The maximum absolute atomic E-state index is 10.7. The van der Waals surface area contributed by atoms with E-state index >= 15 is 0 Å². The van der Waals surface area contributed by atoms with Gasteiger partial charge in [0.25, 0.3) is 0 Å². The van der Waals surface area contributed by atoms with Crippen LogP contribution in [0.2, 0.25) is 0 Å². The van der Waals surface area contributed by atoms with Gasteiger partial charge in [0.1, 0.15) is 5.75 Å². The predicted octanol–water partition coefficient (Wildman–Crippen LogP) is 3.98. The number of benzene rings is 1. The number of pyridine rings is 1. The number of hydrogen-bond donors (Lipinski definition) is 3. The van der Waals surface area contributed by atoms with E-state index in [-0.39, 0.29) is 5.41 Å². The van der Waals surface area contributed by atoms with Gasteiger partial charge in [0.05, 0.1) is 6.10 Å². The molecule has 0 spiro atoms. The molecule has 1 aromatic carbocycles. The number of aryl methyl sites for hydroxylation is 1.